The normalized spacial score (nSPS) is 4.00. The third-order valence-electron chi connectivity index (χ3n) is 0. The van der Waals surface area contributed by atoms with Crippen molar-refractivity contribution in [3.05, 3.63) is 0 Å². The van der Waals surface area contributed by atoms with E-state index in [0.717, 1.165) is 0 Å². The van der Waals surface area contributed by atoms with Gasteiger partial charge >= 0.3 is 17.1 Å². The number of hydrogen-bond donors (Lipinski definition) is 0. The molecule has 0 spiro atoms. The van der Waals surface area contributed by atoms with Crippen LogP contribution in [-0.4, -0.2) is 6.16 Å². The molecule has 0 heterocycles. The van der Waals surface area contributed by atoms with Crippen LogP contribution >= 0.6 is 0 Å². The van der Waals surface area contributed by atoms with Gasteiger partial charge in [-0.1, -0.05) is 0 Å². The minimum Gasteiger partial charge on any atom is -0.652 e. The molecule has 0 aliphatic carbocycles. The summed E-state index contributed by atoms with van der Waals surface area (Å²) in [5.74, 6) is 0. The van der Waals surface area contributed by atoms with Crippen LogP contribution in [0.2, 0.25) is 0 Å². The fraction of sp³-hybridized carbons (Fsp3) is 0. The predicted octanol–water partition coefficient (Wildman–Crippen LogP) is -2.45. The van der Waals surface area contributed by atoms with Crippen LogP contribution in [0.4, 0.5) is 4.79 Å². The molecule has 0 bridgehead atoms. The van der Waals surface area contributed by atoms with Crippen LogP contribution in [0.3, 0.4) is 0 Å². The molecule has 0 saturated heterocycles. The molecule has 0 atom stereocenters. The average molecular weight is 182 g/mol. The van der Waals surface area contributed by atoms with Gasteiger partial charge in [0.2, 0.25) is 0 Å². The summed E-state index contributed by atoms with van der Waals surface area (Å²) in [7, 11) is 0. The van der Waals surface area contributed by atoms with E-state index in [-0.39, 0.29) is 33.8 Å². The van der Waals surface area contributed by atoms with Crippen molar-refractivity contribution in [2.75, 3.05) is 0 Å². The molecule has 0 fully saturated rings. The van der Waals surface area contributed by atoms with E-state index >= 15 is 0 Å². The zero-order valence-electron chi connectivity index (χ0n) is 2.36. The first kappa shape index (κ1) is 16.3. The van der Waals surface area contributed by atoms with E-state index in [1.165, 1.54) is 0 Å². The van der Waals surface area contributed by atoms with Gasteiger partial charge in [-0.3, -0.25) is 0 Å². The monoisotopic (exact) mass is 182 g/mol. The van der Waals surface area contributed by atoms with Crippen molar-refractivity contribution in [1.82, 2.24) is 0 Å². The average Bonchev–Trinajstić information content (AvgIpc) is 0.811. The quantitative estimate of drug-likeness (QED) is 0.391. The van der Waals surface area contributed by atoms with Crippen molar-refractivity contribution < 1.29 is 48.9 Å². The van der Waals surface area contributed by atoms with Gasteiger partial charge in [0.05, 0.1) is 0 Å². The van der Waals surface area contributed by atoms with Gasteiger partial charge in [0.15, 0.2) is 0 Å². The van der Waals surface area contributed by atoms with Crippen LogP contribution in [-0.2, 0) is 33.8 Å². The van der Waals surface area contributed by atoms with E-state index < -0.39 is 6.16 Å². The van der Waals surface area contributed by atoms with Gasteiger partial charge in [-0.25, -0.2) is 0 Å². The maximum atomic E-state index is 8.33. The van der Waals surface area contributed by atoms with Gasteiger partial charge in [0, 0.05) is 16.8 Å². The van der Waals surface area contributed by atoms with Crippen LogP contribution < -0.4 is 10.2 Å². The molecular weight excluding hydrogens is 182 g/mol. The summed E-state index contributed by atoms with van der Waals surface area (Å²) in [6.45, 7) is 0. The number of carbonyl (C=O) groups is 1. The summed E-state index contributed by atoms with van der Waals surface area (Å²) in [5, 5.41) is 16.7. The number of carbonyl (C=O) groups excluding carboxylic acids is 1. The molecule has 0 aromatic carbocycles. The molecule has 0 rings (SSSR count). The minimum absolute atomic E-state index is 0. The molecule has 0 N–H and O–H groups in total. The second kappa shape index (κ2) is 9.00. The van der Waals surface area contributed by atoms with Crippen molar-refractivity contribution in [3.63, 3.8) is 0 Å². The molecule has 5 heteroatoms. The molecule has 0 unspecified atom stereocenters. The molecular formula is CCoCuO3. The summed E-state index contributed by atoms with van der Waals surface area (Å²) in [5.41, 5.74) is 0. The molecule has 42 valence electrons. The van der Waals surface area contributed by atoms with Gasteiger partial charge in [0.1, 0.15) is 0 Å². The zero-order valence-corrected chi connectivity index (χ0v) is 4.34. The number of hydrogen-bond acceptors (Lipinski definition) is 3. The molecule has 0 aliphatic rings. The molecule has 3 nitrogen and oxygen atoms in total. The van der Waals surface area contributed by atoms with Crippen molar-refractivity contribution in [3.8, 4) is 0 Å². The third-order valence-corrected chi connectivity index (χ3v) is 0. The molecule has 0 aromatic rings. The Bertz CT molecular complexity index is 33.8. The molecule has 0 amide bonds. The molecule has 6 heavy (non-hydrogen) atoms. The molecule has 2 radical (unpaired) electrons. The van der Waals surface area contributed by atoms with Crippen molar-refractivity contribution in [1.29, 1.82) is 0 Å². The number of carboxylic acid groups (broad SMARTS) is 2. The fourth-order valence-corrected chi connectivity index (χ4v) is 0. The van der Waals surface area contributed by atoms with Crippen LogP contribution in [0.15, 0.2) is 0 Å². The van der Waals surface area contributed by atoms with E-state index in [1.54, 1.807) is 0 Å². The summed E-state index contributed by atoms with van der Waals surface area (Å²) < 4.78 is 0. The van der Waals surface area contributed by atoms with E-state index in [2.05, 4.69) is 0 Å². The van der Waals surface area contributed by atoms with Gasteiger partial charge < -0.3 is 15.0 Å². The van der Waals surface area contributed by atoms with Crippen molar-refractivity contribution in [2.45, 2.75) is 0 Å². The second-order valence-electron chi connectivity index (χ2n) is 0.250. The Hall–Kier alpha value is 0.296. The zero-order chi connectivity index (χ0) is 3.58. The summed E-state index contributed by atoms with van der Waals surface area (Å²) in [6.07, 6.45) is -2.33. The SMILES string of the molecule is O=C([O-])[O-].[Co].[Cu+2]. The Labute approximate surface area is 55.4 Å². The van der Waals surface area contributed by atoms with Gasteiger partial charge in [-0.05, 0) is 6.16 Å². The van der Waals surface area contributed by atoms with E-state index in [0.29, 0.717) is 0 Å². The maximum absolute atomic E-state index is 8.33. The van der Waals surface area contributed by atoms with Gasteiger partial charge in [0.25, 0.3) is 0 Å². The third kappa shape index (κ3) is 533. The first-order chi connectivity index (χ1) is 1.73. The molecule has 0 aliphatic heterocycles. The largest absolute Gasteiger partial charge is 2.00 e. The topological polar surface area (TPSA) is 63.2 Å². The fourth-order valence-electron chi connectivity index (χ4n) is 0. The minimum atomic E-state index is -2.33. The Morgan fingerprint density at radius 3 is 1.33 bits per heavy atom. The smallest absolute Gasteiger partial charge is 0.652 e. The Balaban J connectivity index is -0.0000000450. The van der Waals surface area contributed by atoms with Crippen LogP contribution in [0, 0.1) is 0 Å². The summed E-state index contributed by atoms with van der Waals surface area (Å²) in [4.78, 5) is 8.33. The first-order valence-corrected chi connectivity index (χ1v) is 0.612. The van der Waals surface area contributed by atoms with Crippen molar-refractivity contribution >= 4 is 6.16 Å². The van der Waals surface area contributed by atoms with Crippen molar-refractivity contribution in [2.24, 2.45) is 0 Å². The van der Waals surface area contributed by atoms with E-state index in [1.807, 2.05) is 0 Å². The van der Waals surface area contributed by atoms with Crippen LogP contribution in [0.25, 0.3) is 0 Å². The van der Waals surface area contributed by atoms with E-state index in [9.17, 15) is 0 Å². The Kier molecular flexibility index (Phi) is 24.4. The van der Waals surface area contributed by atoms with Gasteiger partial charge in [-0.15, -0.1) is 0 Å². The molecule has 0 aromatic heterocycles. The Morgan fingerprint density at radius 2 is 1.33 bits per heavy atom. The summed E-state index contributed by atoms with van der Waals surface area (Å²) in [6, 6.07) is 0. The molecule has 0 saturated carbocycles. The van der Waals surface area contributed by atoms with Crippen LogP contribution in [0.1, 0.15) is 0 Å². The predicted molar refractivity (Wildman–Crippen MR) is 5.40 cm³/mol. The Morgan fingerprint density at radius 1 is 1.33 bits per heavy atom. The first-order valence-electron chi connectivity index (χ1n) is 0.612. The number of rotatable bonds is 0. The van der Waals surface area contributed by atoms with Crippen LogP contribution in [0.5, 0.6) is 0 Å². The maximum Gasteiger partial charge on any atom is 2.00 e. The second-order valence-corrected chi connectivity index (χ2v) is 0.250. The summed E-state index contributed by atoms with van der Waals surface area (Å²) >= 11 is 0. The van der Waals surface area contributed by atoms with Gasteiger partial charge in [-0.2, -0.15) is 0 Å². The standard InChI is InChI=1S/CH2O3.Co.Cu/c2-1(3)4;;/h(H2,2,3,4);;/q;;+2/p-2. The van der Waals surface area contributed by atoms with E-state index in [4.69, 9.17) is 15.0 Å².